The second-order valence-electron chi connectivity index (χ2n) is 13.7. The Kier molecular flexibility index (Phi) is 7.16. The van der Waals surface area contributed by atoms with Crippen LogP contribution in [0.1, 0.15) is 129 Å². The molecule has 0 amide bonds. The van der Waals surface area contributed by atoms with E-state index in [9.17, 15) is 0 Å². The lowest BCUT2D eigenvalue weighted by molar-refractivity contribution is 0.538. The lowest BCUT2D eigenvalue weighted by Gasteiger charge is -2.31. The molecule has 178 valence electrons. The molecule has 2 aromatic carbocycles. The minimum atomic E-state index is -0.276. The van der Waals surface area contributed by atoms with Crippen LogP contribution < -0.4 is 11.5 Å². The molecule has 0 saturated heterocycles. The third-order valence-electron chi connectivity index (χ3n) is 6.53. The Hall–Kier alpha value is -1.64. The molecular formula is C30H48N2. The van der Waals surface area contributed by atoms with Gasteiger partial charge in [-0.3, -0.25) is 0 Å². The van der Waals surface area contributed by atoms with Gasteiger partial charge in [0.1, 0.15) is 0 Å². The van der Waals surface area contributed by atoms with Crippen molar-refractivity contribution in [2.24, 2.45) is 11.5 Å². The summed E-state index contributed by atoms with van der Waals surface area (Å²) in [6, 6.07) is 13.2. The van der Waals surface area contributed by atoms with Gasteiger partial charge in [0.05, 0.1) is 0 Å². The van der Waals surface area contributed by atoms with Gasteiger partial charge in [-0.2, -0.15) is 0 Å². The Labute approximate surface area is 198 Å². The van der Waals surface area contributed by atoms with E-state index >= 15 is 0 Å². The largest absolute Gasteiger partial charge is 0.322 e. The number of nitrogens with two attached hydrogens (primary N) is 2. The number of hydrogen-bond donors (Lipinski definition) is 2. The van der Waals surface area contributed by atoms with Crippen molar-refractivity contribution < 1.29 is 0 Å². The van der Waals surface area contributed by atoms with Crippen LogP contribution in [-0.2, 0) is 21.7 Å². The number of hydrogen-bond acceptors (Lipinski definition) is 2. The maximum absolute atomic E-state index is 6.89. The smallest absolute Gasteiger partial charge is 0.0491 e. The van der Waals surface area contributed by atoms with Crippen molar-refractivity contribution in [3.8, 4) is 0 Å². The van der Waals surface area contributed by atoms with E-state index in [-0.39, 0.29) is 33.7 Å². The van der Waals surface area contributed by atoms with Crippen LogP contribution in [0.15, 0.2) is 36.4 Å². The minimum absolute atomic E-state index is 0.0470. The van der Waals surface area contributed by atoms with E-state index in [0.29, 0.717) is 0 Å². The lowest BCUT2D eigenvalue weighted by atomic mass is 9.76. The first-order valence-electron chi connectivity index (χ1n) is 12.0. The summed E-state index contributed by atoms with van der Waals surface area (Å²) in [5.74, 6) is 0. The fourth-order valence-electron chi connectivity index (χ4n) is 3.83. The predicted octanol–water partition coefficient (Wildman–Crippen LogP) is 7.58. The summed E-state index contributed by atoms with van der Waals surface area (Å²) in [4.78, 5) is 0. The molecule has 0 bridgehead atoms. The van der Waals surface area contributed by atoms with Crippen LogP contribution in [0.2, 0.25) is 0 Å². The average Bonchev–Trinajstić information content (AvgIpc) is 2.63. The fourth-order valence-corrected chi connectivity index (χ4v) is 3.83. The second-order valence-corrected chi connectivity index (χ2v) is 13.7. The van der Waals surface area contributed by atoms with Crippen molar-refractivity contribution in [2.45, 2.75) is 117 Å². The lowest BCUT2D eigenvalue weighted by Crippen LogP contribution is -2.29. The fraction of sp³-hybridized carbons (Fsp3) is 0.600. The number of rotatable bonds is 3. The average molecular weight is 437 g/mol. The Bertz CT molecular complexity index is 797. The van der Waals surface area contributed by atoms with Crippen molar-refractivity contribution in [3.63, 3.8) is 0 Å². The summed E-state index contributed by atoms with van der Waals surface area (Å²) in [5.41, 5.74) is 21.4. The van der Waals surface area contributed by atoms with E-state index < -0.39 is 0 Å². The van der Waals surface area contributed by atoms with Gasteiger partial charge in [0, 0.05) is 12.1 Å². The zero-order valence-electron chi connectivity index (χ0n) is 22.8. The highest BCUT2D eigenvalue weighted by molar-refractivity contribution is 5.42. The first-order valence-corrected chi connectivity index (χ1v) is 12.0. The molecular weight excluding hydrogens is 388 g/mol. The van der Waals surface area contributed by atoms with Crippen molar-refractivity contribution >= 4 is 0 Å². The van der Waals surface area contributed by atoms with E-state index in [0.717, 1.165) is 11.1 Å². The standard InChI is InChI=1S/C30H48N2/c1-27(2,3)21-13-19(14-22(17-21)28(4,5)6)25(31)26(32)20-15-23(29(7,8)9)18-24(16-20)30(10,11)12/h13-18,25-26H,31-32H2,1-12H3/t25-,26-/m0/s1. The molecule has 0 heterocycles. The topological polar surface area (TPSA) is 52.0 Å². The van der Waals surface area contributed by atoms with E-state index in [1.54, 1.807) is 0 Å². The highest BCUT2D eigenvalue weighted by Gasteiger charge is 2.27. The Morgan fingerprint density at radius 3 is 0.750 bits per heavy atom. The predicted molar refractivity (Wildman–Crippen MR) is 142 cm³/mol. The molecule has 32 heavy (non-hydrogen) atoms. The third kappa shape index (κ3) is 6.23. The maximum Gasteiger partial charge on any atom is 0.0491 e. The molecule has 0 spiro atoms. The van der Waals surface area contributed by atoms with Gasteiger partial charge in [-0.15, -0.1) is 0 Å². The van der Waals surface area contributed by atoms with Crippen LogP contribution in [-0.4, -0.2) is 0 Å². The monoisotopic (exact) mass is 436 g/mol. The van der Waals surface area contributed by atoms with Crippen LogP contribution in [0.3, 0.4) is 0 Å². The normalized spacial score (nSPS) is 15.6. The highest BCUT2D eigenvalue weighted by atomic mass is 14.8. The molecule has 0 radical (unpaired) electrons. The van der Waals surface area contributed by atoms with Crippen LogP contribution >= 0.6 is 0 Å². The molecule has 0 aliphatic rings. The first kappa shape index (κ1) is 26.6. The molecule has 2 aromatic rings. The van der Waals surface area contributed by atoms with E-state index in [1.807, 2.05) is 0 Å². The van der Waals surface area contributed by atoms with Gasteiger partial charge < -0.3 is 11.5 Å². The molecule has 2 atom stereocenters. The summed E-state index contributed by atoms with van der Waals surface area (Å²) in [6.45, 7) is 27.1. The van der Waals surface area contributed by atoms with E-state index in [4.69, 9.17) is 11.5 Å². The molecule has 0 aliphatic carbocycles. The van der Waals surface area contributed by atoms with E-state index in [2.05, 4.69) is 119 Å². The summed E-state index contributed by atoms with van der Waals surface area (Å²) >= 11 is 0. The molecule has 2 nitrogen and oxygen atoms in total. The molecule has 0 fully saturated rings. The van der Waals surface area contributed by atoms with Gasteiger partial charge in [0.15, 0.2) is 0 Å². The summed E-state index contributed by atoms with van der Waals surface area (Å²) in [5, 5.41) is 0. The zero-order valence-corrected chi connectivity index (χ0v) is 22.8. The molecule has 2 rings (SSSR count). The van der Waals surface area contributed by atoms with Crippen molar-refractivity contribution in [1.82, 2.24) is 0 Å². The Morgan fingerprint density at radius 1 is 0.406 bits per heavy atom. The highest BCUT2D eigenvalue weighted by Crippen LogP contribution is 2.37. The number of benzene rings is 2. The third-order valence-corrected chi connectivity index (χ3v) is 6.53. The van der Waals surface area contributed by atoms with Crippen LogP contribution in [0, 0.1) is 0 Å². The van der Waals surface area contributed by atoms with Gasteiger partial charge in [-0.25, -0.2) is 0 Å². The van der Waals surface area contributed by atoms with Gasteiger partial charge in [0.25, 0.3) is 0 Å². The maximum atomic E-state index is 6.89. The minimum Gasteiger partial charge on any atom is -0.322 e. The SMILES string of the molecule is CC(C)(C)c1cc([C@H](N)[C@@H](N)c2cc(C(C)(C)C)cc(C(C)(C)C)c2)cc(C(C)(C)C)c1. The Balaban J connectivity index is 2.63. The van der Waals surface area contributed by atoms with Gasteiger partial charge in [-0.05, 0) is 55.0 Å². The first-order chi connectivity index (χ1) is 14.2. The summed E-state index contributed by atoms with van der Waals surface area (Å²) in [7, 11) is 0. The quantitative estimate of drug-likeness (QED) is 0.521. The molecule has 0 aliphatic heterocycles. The summed E-state index contributed by atoms with van der Waals surface area (Å²) in [6.07, 6.45) is 0. The summed E-state index contributed by atoms with van der Waals surface area (Å²) < 4.78 is 0. The van der Waals surface area contributed by atoms with Crippen LogP contribution in [0.25, 0.3) is 0 Å². The van der Waals surface area contributed by atoms with Crippen LogP contribution in [0.5, 0.6) is 0 Å². The molecule has 0 unspecified atom stereocenters. The van der Waals surface area contributed by atoms with E-state index in [1.165, 1.54) is 22.3 Å². The van der Waals surface area contributed by atoms with Crippen LogP contribution in [0.4, 0.5) is 0 Å². The molecule has 4 N–H and O–H groups in total. The second kappa shape index (κ2) is 8.61. The van der Waals surface area contributed by atoms with Crippen molar-refractivity contribution in [2.75, 3.05) is 0 Å². The van der Waals surface area contributed by atoms with Crippen molar-refractivity contribution in [3.05, 3.63) is 69.8 Å². The van der Waals surface area contributed by atoms with Gasteiger partial charge in [-0.1, -0.05) is 119 Å². The van der Waals surface area contributed by atoms with Gasteiger partial charge in [0.2, 0.25) is 0 Å². The molecule has 2 heteroatoms. The van der Waals surface area contributed by atoms with Gasteiger partial charge >= 0.3 is 0 Å². The molecule has 0 saturated carbocycles. The zero-order chi connectivity index (χ0) is 24.9. The van der Waals surface area contributed by atoms with Crippen molar-refractivity contribution in [1.29, 1.82) is 0 Å². The Morgan fingerprint density at radius 2 is 0.594 bits per heavy atom. The molecule has 0 aromatic heterocycles.